The van der Waals surface area contributed by atoms with Crippen LogP contribution in [0.25, 0.3) is 0 Å². The van der Waals surface area contributed by atoms with Gasteiger partial charge in [-0.1, -0.05) is 0 Å². The maximum absolute atomic E-state index is 12.8. The highest BCUT2D eigenvalue weighted by Gasteiger charge is 2.07. The molecular formula is C11H16F2NO+. The van der Waals surface area contributed by atoms with Gasteiger partial charge in [-0.05, 0) is 12.1 Å². The number of benzene rings is 1. The van der Waals surface area contributed by atoms with Crippen LogP contribution in [-0.4, -0.2) is 38.8 Å². The predicted octanol–water partition coefficient (Wildman–Crippen LogP) is 2.05. The summed E-state index contributed by atoms with van der Waals surface area (Å²) in [5.41, 5.74) is 0. The van der Waals surface area contributed by atoms with E-state index in [2.05, 4.69) is 0 Å². The van der Waals surface area contributed by atoms with Crippen LogP contribution in [0, 0.1) is 11.6 Å². The highest BCUT2D eigenvalue weighted by atomic mass is 19.2. The number of likely N-dealkylation sites (N-methyl/N-ethyl adjacent to an activating group) is 1. The van der Waals surface area contributed by atoms with Crippen molar-refractivity contribution in [1.82, 2.24) is 0 Å². The van der Waals surface area contributed by atoms with E-state index in [4.69, 9.17) is 4.74 Å². The normalized spacial score (nSPS) is 11.5. The van der Waals surface area contributed by atoms with Crippen LogP contribution in [0.3, 0.4) is 0 Å². The van der Waals surface area contributed by atoms with E-state index in [1.807, 2.05) is 21.1 Å². The summed E-state index contributed by atoms with van der Waals surface area (Å²) in [6, 6.07) is 3.55. The SMILES string of the molecule is C[N+](C)(C)CCOc1ccc(F)c(F)c1. The van der Waals surface area contributed by atoms with Crippen molar-refractivity contribution in [2.24, 2.45) is 0 Å². The molecule has 0 spiro atoms. The Kier molecular flexibility index (Phi) is 3.63. The van der Waals surface area contributed by atoms with Crippen LogP contribution in [-0.2, 0) is 0 Å². The lowest BCUT2D eigenvalue weighted by molar-refractivity contribution is -0.870. The Morgan fingerprint density at radius 3 is 2.33 bits per heavy atom. The molecule has 0 unspecified atom stereocenters. The van der Waals surface area contributed by atoms with E-state index >= 15 is 0 Å². The topological polar surface area (TPSA) is 9.23 Å². The van der Waals surface area contributed by atoms with Gasteiger partial charge in [0.05, 0.1) is 21.1 Å². The molecule has 0 amide bonds. The molecule has 1 aromatic rings. The third-order valence-electron chi connectivity index (χ3n) is 1.92. The zero-order valence-corrected chi connectivity index (χ0v) is 9.26. The Labute approximate surface area is 88.7 Å². The molecule has 0 heterocycles. The van der Waals surface area contributed by atoms with Gasteiger partial charge in [-0.15, -0.1) is 0 Å². The maximum atomic E-state index is 12.8. The summed E-state index contributed by atoms with van der Waals surface area (Å²) in [6.07, 6.45) is 0. The summed E-state index contributed by atoms with van der Waals surface area (Å²) in [7, 11) is 6.11. The number of hydrogen-bond acceptors (Lipinski definition) is 1. The van der Waals surface area contributed by atoms with Gasteiger partial charge in [-0.25, -0.2) is 8.78 Å². The highest BCUT2D eigenvalue weighted by molar-refractivity contribution is 5.23. The smallest absolute Gasteiger partial charge is 0.162 e. The van der Waals surface area contributed by atoms with Crippen molar-refractivity contribution in [3.05, 3.63) is 29.8 Å². The Morgan fingerprint density at radius 1 is 1.13 bits per heavy atom. The number of hydrogen-bond donors (Lipinski definition) is 0. The first-order chi connectivity index (χ1) is 6.88. The third kappa shape index (κ3) is 4.25. The van der Waals surface area contributed by atoms with Crippen LogP contribution in [0.15, 0.2) is 18.2 Å². The Morgan fingerprint density at radius 2 is 1.80 bits per heavy atom. The molecule has 2 nitrogen and oxygen atoms in total. The standard InChI is InChI=1S/C11H16F2NO/c1-14(2,3)6-7-15-9-4-5-10(12)11(13)8-9/h4-5,8H,6-7H2,1-3H3/q+1. The van der Waals surface area contributed by atoms with Crippen molar-refractivity contribution in [1.29, 1.82) is 0 Å². The number of quaternary nitrogens is 1. The maximum Gasteiger partial charge on any atom is 0.162 e. The van der Waals surface area contributed by atoms with Gasteiger partial charge in [0.2, 0.25) is 0 Å². The second-order valence-corrected chi connectivity index (χ2v) is 4.44. The van der Waals surface area contributed by atoms with E-state index in [-0.39, 0.29) is 0 Å². The first-order valence-electron chi connectivity index (χ1n) is 4.77. The van der Waals surface area contributed by atoms with E-state index in [9.17, 15) is 8.78 Å². The zero-order chi connectivity index (χ0) is 11.5. The van der Waals surface area contributed by atoms with Crippen LogP contribution in [0.2, 0.25) is 0 Å². The van der Waals surface area contributed by atoms with Crippen molar-refractivity contribution in [2.75, 3.05) is 34.3 Å². The van der Waals surface area contributed by atoms with Gasteiger partial charge in [0.15, 0.2) is 11.6 Å². The van der Waals surface area contributed by atoms with Gasteiger partial charge >= 0.3 is 0 Å². The molecule has 0 atom stereocenters. The fourth-order valence-corrected chi connectivity index (χ4v) is 1.00. The number of ether oxygens (including phenoxy) is 1. The average Bonchev–Trinajstić information content (AvgIpc) is 2.09. The average molecular weight is 216 g/mol. The zero-order valence-electron chi connectivity index (χ0n) is 9.26. The van der Waals surface area contributed by atoms with Gasteiger partial charge < -0.3 is 9.22 Å². The molecule has 0 bridgehead atoms. The molecule has 84 valence electrons. The van der Waals surface area contributed by atoms with Gasteiger partial charge in [0.1, 0.15) is 18.9 Å². The van der Waals surface area contributed by atoms with Crippen molar-refractivity contribution in [3.8, 4) is 5.75 Å². The molecule has 0 saturated heterocycles. The minimum atomic E-state index is -0.877. The summed E-state index contributed by atoms with van der Waals surface area (Å²) in [5, 5.41) is 0. The van der Waals surface area contributed by atoms with Crippen LogP contribution in [0.5, 0.6) is 5.75 Å². The molecule has 15 heavy (non-hydrogen) atoms. The van der Waals surface area contributed by atoms with Crippen molar-refractivity contribution in [2.45, 2.75) is 0 Å². The van der Waals surface area contributed by atoms with E-state index in [0.29, 0.717) is 12.4 Å². The minimum Gasteiger partial charge on any atom is -0.488 e. The molecule has 4 heteroatoms. The van der Waals surface area contributed by atoms with Crippen molar-refractivity contribution in [3.63, 3.8) is 0 Å². The van der Waals surface area contributed by atoms with E-state index in [1.165, 1.54) is 6.07 Å². The van der Waals surface area contributed by atoms with Gasteiger partial charge in [-0.3, -0.25) is 0 Å². The lowest BCUT2D eigenvalue weighted by Crippen LogP contribution is -2.38. The first-order valence-corrected chi connectivity index (χ1v) is 4.77. The number of rotatable bonds is 4. The van der Waals surface area contributed by atoms with Crippen LogP contribution < -0.4 is 4.74 Å². The molecule has 0 aromatic heterocycles. The van der Waals surface area contributed by atoms with Crippen LogP contribution in [0.1, 0.15) is 0 Å². The van der Waals surface area contributed by atoms with Crippen LogP contribution in [0.4, 0.5) is 8.78 Å². The lowest BCUT2D eigenvalue weighted by atomic mass is 10.3. The monoisotopic (exact) mass is 216 g/mol. The van der Waals surface area contributed by atoms with E-state index in [1.54, 1.807) is 0 Å². The fraction of sp³-hybridized carbons (Fsp3) is 0.455. The first kappa shape index (κ1) is 11.9. The Hall–Kier alpha value is -1.16. The van der Waals surface area contributed by atoms with Crippen molar-refractivity contribution < 1.29 is 18.0 Å². The Balaban J connectivity index is 2.48. The summed E-state index contributed by atoms with van der Waals surface area (Å²) in [4.78, 5) is 0. The van der Waals surface area contributed by atoms with Gasteiger partial charge in [-0.2, -0.15) is 0 Å². The van der Waals surface area contributed by atoms with E-state index < -0.39 is 11.6 Å². The quantitative estimate of drug-likeness (QED) is 0.700. The summed E-state index contributed by atoms with van der Waals surface area (Å²) < 4.78 is 31.4. The third-order valence-corrected chi connectivity index (χ3v) is 1.92. The van der Waals surface area contributed by atoms with Crippen molar-refractivity contribution >= 4 is 0 Å². The molecule has 0 saturated carbocycles. The second kappa shape index (κ2) is 4.57. The molecule has 0 N–H and O–H groups in total. The summed E-state index contributed by atoms with van der Waals surface area (Å²) in [6.45, 7) is 1.29. The van der Waals surface area contributed by atoms with Gasteiger partial charge in [0, 0.05) is 6.07 Å². The molecule has 0 radical (unpaired) electrons. The molecule has 0 aliphatic carbocycles. The second-order valence-electron chi connectivity index (χ2n) is 4.44. The van der Waals surface area contributed by atoms with E-state index in [0.717, 1.165) is 23.2 Å². The Bertz CT molecular complexity index is 334. The van der Waals surface area contributed by atoms with Gasteiger partial charge in [0.25, 0.3) is 0 Å². The summed E-state index contributed by atoms with van der Waals surface area (Å²) in [5.74, 6) is -1.37. The number of nitrogens with zero attached hydrogens (tertiary/aromatic N) is 1. The predicted molar refractivity (Wildman–Crippen MR) is 54.8 cm³/mol. The number of halogens is 2. The molecular weight excluding hydrogens is 200 g/mol. The molecule has 1 aromatic carbocycles. The molecule has 0 aliphatic rings. The highest BCUT2D eigenvalue weighted by Crippen LogP contribution is 2.15. The molecule has 0 aliphatic heterocycles. The largest absolute Gasteiger partial charge is 0.488 e. The lowest BCUT2D eigenvalue weighted by Gasteiger charge is -2.23. The fourth-order valence-electron chi connectivity index (χ4n) is 1.00. The van der Waals surface area contributed by atoms with Crippen LogP contribution >= 0.6 is 0 Å². The summed E-state index contributed by atoms with van der Waals surface area (Å²) >= 11 is 0. The molecule has 1 rings (SSSR count). The molecule has 0 fully saturated rings. The minimum absolute atomic E-state index is 0.363.